The third-order valence-corrected chi connectivity index (χ3v) is 11.8. The van der Waals surface area contributed by atoms with E-state index in [0.29, 0.717) is 22.2 Å². The second kappa shape index (κ2) is 7.75. The van der Waals surface area contributed by atoms with Gasteiger partial charge in [-0.15, -0.1) is 0 Å². The van der Waals surface area contributed by atoms with Crippen LogP contribution < -0.4 is 0 Å². The largest absolute Gasteiger partial charge is 0.392 e. The van der Waals surface area contributed by atoms with Gasteiger partial charge in [0, 0.05) is 5.41 Å². The number of aliphatic hydroxyl groups excluding tert-OH is 1. The molecule has 3 saturated carbocycles. The van der Waals surface area contributed by atoms with Crippen molar-refractivity contribution in [2.75, 3.05) is 0 Å². The van der Waals surface area contributed by atoms with Crippen molar-refractivity contribution in [3.63, 3.8) is 0 Å². The fourth-order valence-corrected chi connectivity index (χ4v) is 9.47. The van der Waals surface area contributed by atoms with Crippen molar-refractivity contribution in [3.8, 4) is 0 Å². The van der Waals surface area contributed by atoms with Crippen LogP contribution in [0.1, 0.15) is 113 Å². The molecule has 0 bridgehead atoms. The molecule has 1 heteroatoms. The van der Waals surface area contributed by atoms with Gasteiger partial charge in [0.05, 0.1) is 6.10 Å². The highest BCUT2D eigenvalue weighted by atomic mass is 16.3. The van der Waals surface area contributed by atoms with Gasteiger partial charge < -0.3 is 5.11 Å². The maximum Gasteiger partial charge on any atom is 0.0628 e. The quantitative estimate of drug-likeness (QED) is 0.448. The smallest absolute Gasteiger partial charge is 0.0628 e. The van der Waals surface area contributed by atoms with Gasteiger partial charge in [0.1, 0.15) is 0 Å². The van der Waals surface area contributed by atoms with Crippen LogP contribution in [0.25, 0.3) is 0 Å². The van der Waals surface area contributed by atoms with Gasteiger partial charge in [0.25, 0.3) is 0 Å². The molecule has 4 rings (SSSR count). The van der Waals surface area contributed by atoms with Gasteiger partial charge in [-0.1, -0.05) is 64.8 Å². The lowest BCUT2D eigenvalue weighted by atomic mass is 9.39. The van der Waals surface area contributed by atoms with E-state index >= 15 is 0 Å². The first-order valence-corrected chi connectivity index (χ1v) is 13.4. The Morgan fingerprint density at radius 1 is 1.03 bits per heavy atom. The van der Waals surface area contributed by atoms with Crippen LogP contribution in [0.4, 0.5) is 0 Å². The van der Waals surface area contributed by atoms with E-state index < -0.39 is 0 Å². The minimum absolute atomic E-state index is 0.0454. The topological polar surface area (TPSA) is 20.2 Å². The number of hydrogen-bond acceptors (Lipinski definition) is 1. The molecule has 3 fully saturated rings. The molecule has 176 valence electrons. The lowest BCUT2D eigenvalue weighted by molar-refractivity contribution is -0.145. The molecule has 0 saturated heterocycles. The Balaban J connectivity index is 1.62. The van der Waals surface area contributed by atoms with Crippen LogP contribution in [-0.4, -0.2) is 11.2 Å². The fourth-order valence-electron chi connectivity index (χ4n) is 9.47. The summed E-state index contributed by atoms with van der Waals surface area (Å²) in [5.41, 5.74) is 4.37. The van der Waals surface area contributed by atoms with E-state index in [1.807, 2.05) is 0 Å². The minimum Gasteiger partial charge on any atom is -0.392 e. The van der Waals surface area contributed by atoms with Gasteiger partial charge >= 0.3 is 0 Å². The molecule has 0 aromatic heterocycles. The van der Waals surface area contributed by atoms with E-state index in [1.54, 1.807) is 5.57 Å². The summed E-state index contributed by atoms with van der Waals surface area (Å²) < 4.78 is 0. The van der Waals surface area contributed by atoms with Crippen LogP contribution >= 0.6 is 0 Å². The molecule has 0 spiro atoms. The number of rotatable bonds is 4. The number of fused-ring (bicyclic) bond motifs is 5. The van der Waals surface area contributed by atoms with E-state index in [0.717, 1.165) is 24.2 Å². The molecule has 0 aromatic rings. The molecule has 1 nitrogen and oxygen atoms in total. The molecule has 4 aliphatic carbocycles. The van der Waals surface area contributed by atoms with Gasteiger partial charge in [0.2, 0.25) is 0 Å². The number of allylic oxidation sites excluding steroid dienone is 3. The van der Waals surface area contributed by atoms with Gasteiger partial charge in [0.15, 0.2) is 0 Å². The predicted molar refractivity (Wildman–Crippen MR) is 133 cm³/mol. The number of aliphatic hydroxyl groups is 1. The molecular formula is C30H50O. The Labute approximate surface area is 193 Å². The highest BCUT2D eigenvalue weighted by Gasteiger charge is 2.67. The first kappa shape index (κ1) is 23.6. The number of hydrogen-bond donors (Lipinski definition) is 1. The summed E-state index contributed by atoms with van der Waals surface area (Å²) in [4.78, 5) is 0. The molecule has 4 aliphatic rings. The highest BCUT2D eigenvalue weighted by Crippen LogP contribution is 2.74. The van der Waals surface area contributed by atoms with Crippen molar-refractivity contribution in [2.24, 2.45) is 45.3 Å². The van der Waals surface area contributed by atoms with Crippen LogP contribution in [0.2, 0.25) is 0 Å². The Kier molecular flexibility index (Phi) is 5.90. The summed E-state index contributed by atoms with van der Waals surface area (Å²) in [6.45, 7) is 19.7. The Hall–Kier alpha value is -0.560. The zero-order valence-electron chi connectivity index (χ0n) is 21.9. The highest BCUT2D eigenvalue weighted by molar-refractivity contribution is 5.30. The molecule has 0 heterocycles. The van der Waals surface area contributed by atoms with E-state index in [2.05, 4.69) is 67.5 Å². The Morgan fingerprint density at radius 3 is 2.42 bits per heavy atom. The molecule has 0 aliphatic heterocycles. The molecule has 8 atom stereocenters. The van der Waals surface area contributed by atoms with Gasteiger partial charge in [-0.25, -0.2) is 0 Å². The first-order chi connectivity index (χ1) is 14.4. The van der Waals surface area contributed by atoms with Crippen molar-refractivity contribution in [1.82, 2.24) is 0 Å². The predicted octanol–water partition coefficient (Wildman–Crippen LogP) is 8.34. The summed E-state index contributed by atoms with van der Waals surface area (Å²) in [7, 11) is 0. The maximum absolute atomic E-state index is 10.8. The van der Waals surface area contributed by atoms with Crippen molar-refractivity contribution < 1.29 is 5.11 Å². The molecule has 0 aromatic carbocycles. The SMILES string of the molecule is CC(C)=CCC[C@@H](C)[C@H]1CC[C@@]2(C)[C@@H]3CC=C4[C@@H](CC[C@H](O)C4(C)C)[C@]3(C)CC[C@]12C. The molecule has 1 N–H and O–H groups in total. The van der Waals surface area contributed by atoms with Crippen LogP contribution in [0, 0.1) is 45.3 Å². The summed E-state index contributed by atoms with van der Waals surface area (Å²) >= 11 is 0. The van der Waals surface area contributed by atoms with E-state index in [-0.39, 0.29) is 11.5 Å². The van der Waals surface area contributed by atoms with Crippen molar-refractivity contribution in [3.05, 3.63) is 23.3 Å². The second-order valence-corrected chi connectivity index (χ2v) is 13.6. The third-order valence-electron chi connectivity index (χ3n) is 11.8. The molecule has 0 amide bonds. The average molecular weight is 427 g/mol. The lowest BCUT2D eigenvalue weighted by Gasteiger charge is -2.66. The lowest BCUT2D eigenvalue weighted by Crippen LogP contribution is -2.59. The molecule has 31 heavy (non-hydrogen) atoms. The van der Waals surface area contributed by atoms with Crippen molar-refractivity contribution >= 4 is 0 Å². The normalized spacial score (nSPS) is 46.9. The fraction of sp³-hybridized carbons (Fsp3) is 0.867. The van der Waals surface area contributed by atoms with Crippen LogP contribution in [0.15, 0.2) is 23.3 Å². The summed E-state index contributed by atoms with van der Waals surface area (Å²) in [6, 6.07) is 0. The van der Waals surface area contributed by atoms with Gasteiger partial charge in [-0.05, 0) is 112 Å². The first-order valence-electron chi connectivity index (χ1n) is 13.4. The van der Waals surface area contributed by atoms with Crippen LogP contribution in [-0.2, 0) is 0 Å². The standard InChI is InChI=1S/C30H50O/c1-20(2)10-9-11-21(3)22-16-17-30(8)25-14-12-23-24(13-15-26(31)27(23,4)5)28(25,6)18-19-29(22,30)7/h10,12,21-22,24-26,31H,9,11,13-19H2,1-8H3/t21-,22-,24-,25-,26+,28+,29-,30+/m1/s1. The monoisotopic (exact) mass is 426 g/mol. The average Bonchev–Trinajstić information content (AvgIpc) is 2.96. The zero-order chi connectivity index (χ0) is 22.8. The van der Waals surface area contributed by atoms with Crippen LogP contribution in [0.3, 0.4) is 0 Å². The van der Waals surface area contributed by atoms with E-state index in [9.17, 15) is 5.11 Å². The third kappa shape index (κ3) is 3.34. The van der Waals surface area contributed by atoms with Crippen molar-refractivity contribution in [2.45, 2.75) is 119 Å². The molecule has 0 radical (unpaired) electrons. The summed E-state index contributed by atoms with van der Waals surface area (Å²) in [5, 5.41) is 10.8. The van der Waals surface area contributed by atoms with Crippen LogP contribution in [0.5, 0.6) is 0 Å². The minimum atomic E-state index is -0.169. The summed E-state index contributed by atoms with van der Waals surface area (Å²) in [6.07, 6.45) is 16.5. The summed E-state index contributed by atoms with van der Waals surface area (Å²) in [5.74, 6) is 3.18. The van der Waals surface area contributed by atoms with E-state index in [1.165, 1.54) is 56.9 Å². The van der Waals surface area contributed by atoms with Gasteiger partial charge in [-0.2, -0.15) is 0 Å². The zero-order valence-corrected chi connectivity index (χ0v) is 21.9. The van der Waals surface area contributed by atoms with E-state index in [4.69, 9.17) is 0 Å². The second-order valence-electron chi connectivity index (χ2n) is 13.6. The Bertz CT molecular complexity index is 754. The van der Waals surface area contributed by atoms with Crippen molar-refractivity contribution in [1.29, 1.82) is 0 Å². The molecular weight excluding hydrogens is 376 g/mol. The Morgan fingerprint density at radius 2 is 1.74 bits per heavy atom. The van der Waals surface area contributed by atoms with Gasteiger partial charge in [-0.3, -0.25) is 0 Å². The molecule has 0 unspecified atom stereocenters. The maximum atomic E-state index is 10.8.